The van der Waals surface area contributed by atoms with Crippen molar-refractivity contribution >= 4 is 23.1 Å². The lowest BCUT2D eigenvalue weighted by molar-refractivity contribution is 0.164. The maximum atomic E-state index is 5.30. The van der Waals surface area contributed by atoms with E-state index in [0.29, 0.717) is 0 Å². The van der Waals surface area contributed by atoms with Crippen molar-refractivity contribution in [3.63, 3.8) is 0 Å². The van der Waals surface area contributed by atoms with Crippen molar-refractivity contribution in [1.29, 1.82) is 0 Å². The van der Waals surface area contributed by atoms with Gasteiger partial charge in [0, 0.05) is 19.4 Å². The molecule has 0 fully saturated rings. The minimum Gasteiger partial charge on any atom is -0.381 e. The highest BCUT2D eigenvalue weighted by atomic mass is 32.2. The Morgan fingerprint density at radius 2 is 2.35 bits per heavy atom. The van der Waals surface area contributed by atoms with Crippen LogP contribution in [-0.2, 0) is 11.8 Å². The second kappa shape index (κ2) is 6.18. The lowest BCUT2D eigenvalue weighted by atomic mass is 10.4. The fourth-order valence-corrected chi connectivity index (χ4v) is 2.90. The van der Waals surface area contributed by atoms with Gasteiger partial charge in [-0.3, -0.25) is 0 Å². The Labute approximate surface area is 109 Å². The molecule has 0 unspecified atom stereocenters. The van der Waals surface area contributed by atoms with Crippen molar-refractivity contribution in [3.05, 3.63) is 17.5 Å². The Kier molecular flexibility index (Phi) is 4.58. The first-order valence-corrected chi connectivity index (χ1v) is 7.33. The largest absolute Gasteiger partial charge is 0.381 e. The number of aromatic nitrogens is 3. The van der Waals surface area contributed by atoms with E-state index in [4.69, 9.17) is 4.74 Å². The molecule has 0 radical (unpaired) electrons. The summed E-state index contributed by atoms with van der Waals surface area (Å²) in [7, 11) is 2.00. The average molecular weight is 269 g/mol. The van der Waals surface area contributed by atoms with Gasteiger partial charge < -0.3 is 9.30 Å². The highest BCUT2D eigenvalue weighted by molar-refractivity contribution is 7.99. The maximum absolute atomic E-state index is 5.30. The van der Waals surface area contributed by atoms with Gasteiger partial charge in [-0.15, -0.1) is 21.5 Å². The number of hydrogen-bond donors (Lipinski definition) is 0. The van der Waals surface area contributed by atoms with E-state index in [1.807, 2.05) is 30.0 Å². The SMILES string of the molecule is CCOCCSc1nnc(-c2cccs2)n1C. The summed E-state index contributed by atoms with van der Waals surface area (Å²) in [4.78, 5) is 1.15. The molecule has 0 spiro atoms. The zero-order valence-corrected chi connectivity index (χ0v) is 11.6. The minimum absolute atomic E-state index is 0.752. The summed E-state index contributed by atoms with van der Waals surface area (Å²) in [6.07, 6.45) is 0. The zero-order chi connectivity index (χ0) is 12.1. The average Bonchev–Trinajstić information content (AvgIpc) is 2.95. The summed E-state index contributed by atoms with van der Waals surface area (Å²) in [5.74, 6) is 1.84. The summed E-state index contributed by atoms with van der Waals surface area (Å²) in [5, 5.41) is 11.4. The molecule has 0 saturated heterocycles. The first kappa shape index (κ1) is 12.6. The molecule has 0 atom stereocenters. The molecule has 0 aliphatic heterocycles. The van der Waals surface area contributed by atoms with Gasteiger partial charge >= 0.3 is 0 Å². The van der Waals surface area contributed by atoms with Gasteiger partial charge in [0.2, 0.25) is 0 Å². The lowest BCUT2D eigenvalue weighted by Gasteiger charge is -2.02. The molecule has 0 amide bonds. The Morgan fingerprint density at radius 3 is 3.06 bits per heavy atom. The molecular formula is C11H15N3OS2. The van der Waals surface area contributed by atoms with Crippen LogP contribution in [0.5, 0.6) is 0 Å². The molecule has 17 heavy (non-hydrogen) atoms. The maximum Gasteiger partial charge on any atom is 0.191 e. The van der Waals surface area contributed by atoms with Crippen LogP contribution in [0.3, 0.4) is 0 Å². The fraction of sp³-hybridized carbons (Fsp3) is 0.455. The van der Waals surface area contributed by atoms with Gasteiger partial charge in [0.1, 0.15) is 0 Å². The Balaban J connectivity index is 2.01. The Morgan fingerprint density at radius 1 is 1.47 bits per heavy atom. The first-order chi connectivity index (χ1) is 8.33. The van der Waals surface area contributed by atoms with Gasteiger partial charge in [0.15, 0.2) is 11.0 Å². The topological polar surface area (TPSA) is 39.9 Å². The molecule has 2 aromatic heterocycles. The molecule has 0 N–H and O–H groups in total. The molecular weight excluding hydrogens is 254 g/mol. The van der Waals surface area contributed by atoms with Crippen molar-refractivity contribution in [2.75, 3.05) is 19.0 Å². The van der Waals surface area contributed by atoms with E-state index >= 15 is 0 Å². The van der Waals surface area contributed by atoms with Crippen LogP contribution in [0.15, 0.2) is 22.7 Å². The predicted octanol–water partition coefficient (Wildman–Crippen LogP) is 2.67. The van der Waals surface area contributed by atoms with Crippen LogP contribution in [0.25, 0.3) is 10.7 Å². The van der Waals surface area contributed by atoms with Crippen LogP contribution in [-0.4, -0.2) is 33.7 Å². The zero-order valence-electron chi connectivity index (χ0n) is 9.92. The van der Waals surface area contributed by atoms with Crippen LogP contribution < -0.4 is 0 Å². The van der Waals surface area contributed by atoms with Crippen molar-refractivity contribution in [2.24, 2.45) is 7.05 Å². The third kappa shape index (κ3) is 3.08. The Hall–Kier alpha value is -0.850. The smallest absolute Gasteiger partial charge is 0.191 e. The standard InChI is InChI=1S/C11H15N3OS2/c1-3-15-6-8-17-11-13-12-10(14(11)2)9-5-4-7-16-9/h4-5,7H,3,6,8H2,1-2H3. The minimum atomic E-state index is 0.752. The second-order valence-electron chi connectivity index (χ2n) is 3.39. The van der Waals surface area contributed by atoms with Crippen molar-refractivity contribution < 1.29 is 4.74 Å². The summed E-state index contributed by atoms with van der Waals surface area (Å²) >= 11 is 3.35. The summed E-state index contributed by atoms with van der Waals surface area (Å²) in [6, 6.07) is 4.08. The van der Waals surface area contributed by atoms with E-state index < -0.39 is 0 Å². The summed E-state index contributed by atoms with van der Waals surface area (Å²) in [5.41, 5.74) is 0. The fourth-order valence-electron chi connectivity index (χ4n) is 1.40. The first-order valence-electron chi connectivity index (χ1n) is 5.46. The molecule has 0 aliphatic rings. The molecule has 92 valence electrons. The lowest BCUT2D eigenvalue weighted by Crippen LogP contribution is -1.99. The normalized spacial score (nSPS) is 10.9. The number of rotatable bonds is 6. The van der Waals surface area contributed by atoms with Crippen LogP contribution >= 0.6 is 23.1 Å². The third-order valence-electron chi connectivity index (χ3n) is 2.24. The van der Waals surface area contributed by atoms with E-state index in [-0.39, 0.29) is 0 Å². The molecule has 0 bridgehead atoms. The van der Waals surface area contributed by atoms with Gasteiger partial charge in [0.25, 0.3) is 0 Å². The van der Waals surface area contributed by atoms with Gasteiger partial charge in [0.05, 0.1) is 11.5 Å². The molecule has 6 heteroatoms. The molecule has 0 saturated carbocycles. The number of thioether (sulfide) groups is 1. The van der Waals surface area contributed by atoms with E-state index in [1.54, 1.807) is 23.1 Å². The molecule has 2 aromatic rings. The predicted molar refractivity (Wildman–Crippen MR) is 71.5 cm³/mol. The van der Waals surface area contributed by atoms with Gasteiger partial charge in [-0.25, -0.2) is 0 Å². The quantitative estimate of drug-likeness (QED) is 0.597. The second-order valence-corrected chi connectivity index (χ2v) is 5.40. The number of thiophene rings is 1. The summed E-state index contributed by atoms with van der Waals surface area (Å²) < 4.78 is 7.33. The van der Waals surface area contributed by atoms with E-state index in [0.717, 1.165) is 34.8 Å². The number of hydrogen-bond acceptors (Lipinski definition) is 5. The van der Waals surface area contributed by atoms with Gasteiger partial charge in [-0.2, -0.15) is 0 Å². The van der Waals surface area contributed by atoms with Crippen molar-refractivity contribution in [3.8, 4) is 10.7 Å². The van der Waals surface area contributed by atoms with E-state index in [1.165, 1.54) is 0 Å². The molecule has 2 rings (SSSR count). The van der Waals surface area contributed by atoms with Crippen LogP contribution in [0.1, 0.15) is 6.92 Å². The Bertz CT molecular complexity index is 453. The van der Waals surface area contributed by atoms with Crippen molar-refractivity contribution in [2.45, 2.75) is 12.1 Å². The molecule has 0 aliphatic carbocycles. The third-order valence-corrected chi connectivity index (χ3v) is 4.09. The monoisotopic (exact) mass is 269 g/mol. The molecule has 0 aromatic carbocycles. The van der Waals surface area contributed by atoms with E-state index in [9.17, 15) is 0 Å². The summed E-state index contributed by atoms with van der Waals surface area (Å²) in [6.45, 7) is 3.52. The van der Waals surface area contributed by atoms with Gasteiger partial charge in [-0.05, 0) is 18.4 Å². The molecule has 4 nitrogen and oxygen atoms in total. The molecule has 2 heterocycles. The highest BCUT2D eigenvalue weighted by Gasteiger charge is 2.11. The number of ether oxygens (including phenoxy) is 1. The number of nitrogens with zero attached hydrogens (tertiary/aromatic N) is 3. The van der Waals surface area contributed by atoms with Crippen LogP contribution in [0, 0.1) is 0 Å². The van der Waals surface area contributed by atoms with Crippen molar-refractivity contribution in [1.82, 2.24) is 14.8 Å². The van der Waals surface area contributed by atoms with Crippen LogP contribution in [0.2, 0.25) is 0 Å². The van der Waals surface area contributed by atoms with E-state index in [2.05, 4.69) is 16.3 Å². The van der Waals surface area contributed by atoms with Gasteiger partial charge in [-0.1, -0.05) is 17.8 Å². The van der Waals surface area contributed by atoms with Crippen LogP contribution in [0.4, 0.5) is 0 Å². The highest BCUT2D eigenvalue weighted by Crippen LogP contribution is 2.25.